The Morgan fingerprint density at radius 1 is 1.19 bits per heavy atom. The summed E-state index contributed by atoms with van der Waals surface area (Å²) >= 11 is 3.18. The summed E-state index contributed by atoms with van der Waals surface area (Å²) in [6.45, 7) is 0.868. The van der Waals surface area contributed by atoms with Gasteiger partial charge in [-0.3, -0.25) is 4.79 Å². The molecule has 1 saturated heterocycles. The molecule has 1 fully saturated rings. The van der Waals surface area contributed by atoms with E-state index in [0.717, 1.165) is 30.7 Å². The van der Waals surface area contributed by atoms with Crippen LogP contribution in [0, 0.1) is 11.6 Å². The van der Waals surface area contributed by atoms with Crippen LogP contribution >= 0.6 is 15.9 Å². The average Bonchev–Trinajstić information content (AvgIpc) is 2.86. The molecule has 2 heterocycles. The summed E-state index contributed by atoms with van der Waals surface area (Å²) in [5.41, 5.74) is 12.5. The van der Waals surface area contributed by atoms with Crippen molar-refractivity contribution in [3.63, 3.8) is 0 Å². The molecule has 194 valence electrons. The molecule has 1 atom stereocenters. The number of nitrogens with zero attached hydrogens (tertiary/aromatic N) is 2. The number of hydrogen-bond donors (Lipinski definition) is 3. The molecule has 0 saturated carbocycles. The zero-order valence-corrected chi connectivity index (χ0v) is 21.1. The monoisotopic (exact) mass is 575 g/mol. The number of primary amides is 1. The van der Waals surface area contributed by atoms with E-state index < -0.39 is 29.7 Å². The van der Waals surface area contributed by atoms with Crippen LogP contribution in [0.3, 0.4) is 0 Å². The fraction of sp³-hybridized carbons (Fsp3) is 0.280. The van der Waals surface area contributed by atoms with Gasteiger partial charge < -0.3 is 26.3 Å². The summed E-state index contributed by atoms with van der Waals surface area (Å²) in [6, 6.07) is 6.87. The highest BCUT2D eigenvalue weighted by atomic mass is 79.9. The number of halogens is 3. The number of benzene rings is 2. The Hall–Kier alpha value is -3.64. The number of amides is 2. The van der Waals surface area contributed by atoms with Crippen molar-refractivity contribution in [1.29, 1.82) is 0 Å². The summed E-state index contributed by atoms with van der Waals surface area (Å²) < 4.78 is 39.7. The van der Waals surface area contributed by atoms with Crippen LogP contribution in [-0.2, 0) is 9.47 Å². The van der Waals surface area contributed by atoms with Crippen molar-refractivity contribution >= 4 is 33.7 Å². The number of anilines is 1. The van der Waals surface area contributed by atoms with Crippen LogP contribution in [0.4, 0.5) is 19.4 Å². The van der Waals surface area contributed by atoms with E-state index in [1.54, 1.807) is 6.20 Å². The van der Waals surface area contributed by atoms with Gasteiger partial charge in [-0.1, -0.05) is 22.0 Å². The molecule has 5 N–H and O–H groups in total. The maximum atomic E-state index is 15.1. The third-order valence-corrected chi connectivity index (χ3v) is 6.39. The third-order valence-electron chi connectivity index (χ3n) is 5.93. The molecule has 2 amide bonds. The maximum absolute atomic E-state index is 15.1. The van der Waals surface area contributed by atoms with Gasteiger partial charge in [0.1, 0.15) is 29.8 Å². The molecule has 1 aliphatic heterocycles. The Labute approximate surface area is 219 Å². The van der Waals surface area contributed by atoms with Crippen molar-refractivity contribution in [3.05, 3.63) is 75.5 Å². The van der Waals surface area contributed by atoms with E-state index in [-0.39, 0.29) is 29.5 Å². The van der Waals surface area contributed by atoms with Crippen LogP contribution in [0.1, 0.15) is 46.4 Å². The second kappa shape index (κ2) is 11.6. The number of ether oxygens (including phenoxy) is 2. The minimum absolute atomic E-state index is 0.132. The van der Waals surface area contributed by atoms with E-state index in [2.05, 4.69) is 31.2 Å². The topological polar surface area (TPSA) is 142 Å². The van der Waals surface area contributed by atoms with E-state index in [1.165, 1.54) is 24.3 Å². The predicted octanol–water partition coefficient (Wildman–Crippen LogP) is 4.23. The molecule has 0 radical (unpaired) electrons. The molecule has 37 heavy (non-hydrogen) atoms. The van der Waals surface area contributed by atoms with Crippen molar-refractivity contribution in [2.75, 3.05) is 25.6 Å². The molecule has 1 aromatic heterocycles. The van der Waals surface area contributed by atoms with Crippen molar-refractivity contribution in [2.24, 2.45) is 5.73 Å². The first-order chi connectivity index (χ1) is 17.7. The Balaban J connectivity index is 1.58. The van der Waals surface area contributed by atoms with Crippen molar-refractivity contribution in [3.8, 4) is 11.3 Å². The van der Waals surface area contributed by atoms with E-state index in [0.29, 0.717) is 28.9 Å². The van der Waals surface area contributed by atoms with Crippen LogP contribution in [0.15, 0.2) is 47.1 Å². The number of nitrogen functional groups attached to an aromatic ring is 1. The second-order valence-electron chi connectivity index (χ2n) is 8.47. The first-order valence-electron chi connectivity index (χ1n) is 11.4. The van der Waals surface area contributed by atoms with Crippen LogP contribution in [0.5, 0.6) is 0 Å². The lowest BCUT2D eigenvalue weighted by atomic mass is 9.96. The number of rotatable bonds is 7. The first-order valence-corrected chi connectivity index (χ1v) is 12.2. The van der Waals surface area contributed by atoms with Crippen LogP contribution in [0.25, 0.3) is 11.3 Å². The Morgan fingerprint density at radius 2 is 1.95 bits per heavy atom. The average molecular weight is 576 g/mol. The van der Waals surface area contributed by atoms with Gasteiger partial charge >= 0.3 is 6.09 Å². The number of carbonyl (C=O) groups excluding carboxylic acids is 2. The Morgan fingerprint density at radius 3 is 2.62 bits per heavy atom. The predicted molar refractivity (Wildman–Crippen MR) is 134 cm³/mol. The van der Waals surface area contributed by atoms with Gasteiger partial charge in [0.25, 0.3) is 5.91 Å². The highest BCUT2D eigenvalue weighted by Gasteiger charge is 2.23. The fourth-order valence-corrected chi connectivity index (χ4v) is 4.54. The molecule has 1 aliphatic rings. The van der Waals surface area contributed by atoms with Gasteiger partial charge in [0.2, 0.25) is 0 Å². The minimum atomic E-state index is -1.08. The standard InChI is InChI=1S/C25H24BrF2N5O4/c26-16-7-15(8-17(27)10-16)21(12-37-25(30)35)33-24(34)18-2-1-14(9-19(18)28)22-23(29)31-11-20(32-22)13-3-5-36-6-4-13/h1-2,7-11,13,21H,3-6,12H2,(H2,29,31)(H2,30,35)(H,33,34). The summed E-state index contributed by atoms with van der Waals surface area (Å²) in [7, 11) is 0. The number of nitrogens with one attached hydrogen (secondary N) is 1. The van der Waals surface area contributed by atoms with E-state index >= 15 is 4.39 Å². The molecule has 12 heteroatoms. The highest BCUT2D eigenvalue weighted by molar-refractivity contribution is 9.10. The quantitative estimate of drug-likeness (QED) is 0.382. The summed E-state index contributed by atoms with van der Waals surface area (Å²) in [6.07, 6.45) is 2.14. The van der Waals surface area contributed by atoms with E-state index in [1.807, 2.05) is 0 Å². The number of hydrogen-bond acceptors (Lipinski definition) is 7. The Kier molecular flexibility index (Phi) is 8.29. The molecule has 1 unspecified atom stereocenters. The summed E-state index contributed by atoms with van der Waals surface area (Å²) in [5, 5.41) is 2.56. The van der Waals surface area contributed by atoms with E-state index in [9.17, 15) is 14.0 Å². The Bertz CT molecular complexity index is 1300. The fourth-order valence-electron chi connectivity index (χ4n) is 4.06. The van der Waals surface area contributed by atoms with Gasteiger partial charge in [0.05, 0.1) is 23.5 Å². The second-order valence-corrected chi connectivity index (χ2v) is 9.38. The van der Waals surface area contributed by atoms with Crippen LogP contribution in [-0.4, -0.2) is 41.8 Å². The van der Waals surface area contributed by atoms with Crippen molar-refractivity contribution in [1.82, 2.24) is 15.3 Å². The number of aromatic nitrogens is 2. The lowest BCUT2D eigenvalue weighted by molar-refractivity contribution is 0.0844. The van der Waals surface area contributed by atoms with Gasteiger partial charge in [-0.05, 0) is 48.7 Å². The normalized spacial score (nSPS) is 14.7. The molecular formula is C25H24BrF2N5O4. The molecule has 0 spiro atoms. The molecule has 2 aromatic carbocycles. The smallest absolute Gasteiger partial charge is 0.404 e. The van der Waals surface area contributed by atoms with Gasteiger partial charge in [0.15, 0.2) is 0 Å². The maximum Gasteiger partial charge on any atom is 0.404 e. The molecule has 0 aliphatic carbocycles. The minimum Gasteiger partial charge on any atom is -0.447 e. The SMILES string of the molecule is NC(=O)OCC(NC(=O)c1ccc(-c2nc(C3CCOCC3)cnc2N)cc1F)c1cc(F)cc(Br)c1. The van der Waals surface area contributed by atoms with Crippen LogP contribution in [0.2, 0.25) is 0 Å². The summed E-state index contributed by atoms with van der Waals surface area (Å²) in [4.78, 5) is 32.9. The van der Waals surface area contributed by atoms with Crippen molar-refractivity contribution in [2.45, 2.75) is 24.8 Å². The van der Waals surface area contributed by atoms with Gasteiger partial charge in [-0.25, -0.2) is 23.5 Å². The highest BCUT2D eigenvalue weighted by Crippen LogP contribution is 2.30. The van der Waals surface area contributed by atoms with E-state index in [4.69, 9.17) is 20.9 Å². The van der Waals surface area contributed by atoms with Gasteiger partial charge in [-0.15, -0.1) is 0 Å². The number of nitrogens with two attached hydrogens (primary N) is 2. The van der Waals surface area contributed by atoms with Crippen LogP contribution < -0.4 is 16.8 Å². The number of carbonyl (C=O) groups is 2. The zero-order chi connectivity index (χ0) is 26.5. The lowest BCUT2D eigenvalue weighted by Gasteiger charge is -2.22. The zero-order valence-electron chi connectivity index (χ0n) is 19.5. The molecule has 3 aromatic rings. The largest absolute Gasteiger partial charge is 0.447 e. The van der Waals surface area contributed by atoms with Gasteiger partial charge in [0, 0.05) is 29.2 Å². The van der Waals surface area contributed by atoms with Gasteiger partial charge in [-0.2, -0.15) is 0 Å². The molecular weight excluding hydrogens is 552 g/mol. The lowest BCUT2D eigenvalue weighted by Crippen LogP contribution is -2.33. The third kappa shape index (κ3) is 6.57. The first kappa shape index (κ1) is 26.4. The molecule has 4 rings (SSSR count). The molecule has 9 nitrogen and oxygen atoms in total. The van der Waals surface area contributed by atoms with Crippen molar-refractivity contribution < 1.29 is 27.8 Å². The molecule has 0 bridgehead atoms. The summed E-state index contributed by atoms with van der Waals surface area (Å²) in [5.74, 6) is -1.93.